The van der Waals surface area contributed by atoms with Crippen molar-refractivity contribution in [1.82, 2.24) is 10.6 Å². The number of allylic oxidation sites excluding steroid dienone is 1. The lowest BCUT2D eigenvalue weighted by atomic mass is 9.90. The summed E-state index contributed by atoms with van der Waals surface area (Å²) in [6.45, 7) is 11.7. The van der Waals surface area contributed by atoms with Crippen molar-refractivity contribution >= 4 is 6.09 Å². The van der Waals surface area contributed by atoms with Gasteiger partial charge in [-0.05, 0) is 66.2 Å². The molecular weight excluding hydrogens is 264 g/mol. The van der Waals surface area contributed by atoms with Gasteiger partial charge in [0, 0.05) is 18.1 Å². The minimum atomic E-state index is -0.427. The van der Waals surface area contributed by atoms with Gasteiger partial charge in [-0.15, -0.1) is 6.58 Å². The van der Waals surface area contributed by atoms with Crippen LogP contribution in [0.4, 0.5) is 4.79 Å². The monoisotopic (exact) mass is 296 g/mol. The molecule has 0 saturated heterocycles. The number of carbonyl (C=O) groups is 1. The number of alkyl carbamates (subject to hydrolysis) is 1. The van der Waals surface area contributed by atoms with Crippen LogP contribution in [0.15, 0.2) is 12.7 Å². The summed E-state index contributed by atoms with van der Waals surface area (Å²) in [5, 5.41) is 6.66. The van der Waals surface area contributed by atoms with Crippen LogP contribution in [0, 0.1) is 0 Å². The summed E-state index contributed by atoms with van der Waals surface area (Å²) in [4.78, 5) is 11.7. The maximum Gasteiger partial charge on any atom is 0.407 e. The third-order valence-corrected chi connectivity index (χ3v) is 3.77. The standard InChI is InChI=1S/C17H32N2O2/c1-6-7-8-13(2)18-14-9-11-15(12-10-14)19-16(20)21-17(3,4)5/h6,13-15,18H,1,7-12H2,2-5H3,(H,19,20). The minimum absolute atomic E-state index is 0.251. The third-order valence-electron chi connectivity index (χ3n) is 3.77. The van der Waals surface area contributed by atoms with E-state index >= 15 is 0 Å². The maximum absolute atomic E-state index is 11.7. The summed E-state index contributed by atoms with van der Waals surface area (Å²) in [5.41, 5.74) is -0.427. The fourth-order valence-electron chi connectivity index (χ4n) is 2.73. The number of hydrogen-bond acceptors (Lipinski definition) is 3. The molecular formula is C17H32N2O2. The molecule has 0 spiro atoms. The van der Waals surface area contributed by atoms with E-state index in [2.05, 4.69) is 24.1 Å². The van der Waals surface area contributed by atoms with Crippen molar-refractivity contribution in [3.63, 3.8) is 0 Å². The van der Waals surface area contributed by atoms with Gasteiger partial charge in [-0.1, -0.05) is 6.08 Å². The minimum Gasteiger partial charge on any atom is -0.444 e. The fraction of sp³-hybridized carbons (Fsp3) is 0.824. The molecule has 1 fully saturated rings. The van der Waals surface area contributed by atoms with Crippen LogP contribution in [-0.4, -0.2) is 29.8 Å². The zero-order valence-electron chi connectivity index (χ0n) is 14.1. The first-order valence-electron chi connectivity index (χ1n) is 8.16. The van der Waals surface area contributed by atoms with Crippen LogP contribution < -0.4 is 10.6 Å². The number of hydrogen-bond donors (Lipinski definition) is 2. The normalized spacial score (nSPS) is 24.2. The number of carbonyl (C=O) groups excluding carboxylic acids is 1. The third kappa shape index (κ3) is 8.10. The first-order chi connectivity index (χ1) is 9.80. The molecule has 0 aromatic heterocycles. The predicted molar refractivity (Wildman–Crippen MR) is 87.4 cm³/mol. The van der Waals surface area contributed by atoms with Gasteiger partial charge in [-0.25, -0.2) is 4.79 Å². The summed E-state index contributed by atoms with van der Waals surface area (Å²) in [6, 6.07) is 1.35. The lowest BCUT2D eigenvalue weighted by Crippen LogP contribution is -2.45. The molecule has 1 atom stereocenters. The van der Waals surface area contributed by atoms with Crippen LogP contribution in [0.25, 0.3) is 0 Å². The van der Waals surface area contributed by atoms with E-state index in [0.29, 0.717) is 12.1 Å². The average molecular weight is 296 g/mol. The number of nitrogens with one attached hydrogen (secondary N) is 2. The van der Waals surface area contributed by atoms with Crippen LogP contribution in [0.2, 0.25) is 0 Å². The van der Waals surface area contributed by atoms with Crippen LogP contribution in [-0.2, 0) is 4.74 Å². The van der Waals surface area contributed by atoms with Crippen molar-refractivity contribution in [2.24, 2.45) is 0 Å². The number of ether oxygens (including phenoxy) is 1. The molecule has 2 N–H and O–H groups in total. The summed E-state index contributed by atoms with van der Waals surface area (Å²) >= 11 is 0. The van der Waals surface area contributed by atoms with Crippen LogP contribution in [0.5, 0.6) is 0 Å². The Bertz CT molecular complexity index is 328. The molecule has 1 saturated carbocycles. The predicted octanol–water partition coefficient (Wildman–Crippen LogP) is 3.77. The Morgan fingerprint density at radius 3 is 2.38 bits per heavy atom. The second-order valence-electron chi connectivity index (χ2n) is 7.13. The zero-order chi connectivity index (χ0) is 15.9. The van der Waals surface area contributed by atoms with Crippen molar-refractivity contribution in [1.29, 1.82) is 0 Å². The summed E-state index contributed by atoms with van der Waals surface area (Å²) in [5.74, 6) is 0. The highest BCUT2D eigenvalue weighted by Gasteiger charge is 2.25. The van der Waals surface area contributed by atoms with Gasteiger partial charge >= 0.3 is 6.09 Å². The van der Waals surface area contributed by atoms with E-state index in [1.54, 1.807) is 0 Å². The highest BCUT2D eigenvalue weighted by atomic mass is 16.6. The molecule has 0 radical (unpaired) electrons. The molecule has 0 heterocycles. The summed E-state index contributed by atoms with van der Waals surface area (Å²) < 4.78 is 5.30. The van der Waals surface area contributed by atoms with Gasteiger partial charge < -0.3 is 15.4 Å². The molecule has 0 aromatic rings. The second-order valence-corrected chi connectivity index (χ2v) is 7.13. The Morgan fingerprint density at radius 1 is 1.29 bits per heavy atom. The SMILES string of the molecule is C=CCCC(C)NC1CCC(NC(=O)OC(C)(C)C)CC1. The van der Waals surface area contributed by atoms with E-state index in [-0.39, 0.29) is 12.1 Å². The molecule has 1 rings (SSSR count). The first kappa shape index (κ1) is 18.0. The van der Waals surface area contributed by atoms with Crippen LogP contribution in [0.3, 0.4) is 0 Å². The molecule has 21 heavy (non-hydrogen) atoms. The first-order valence-corrected chi connectivity index (χ1v) is 8.16. The molecule has 0 aliphatic heterocycles. The molecule has 4 nitrogen and oxygen atoms in total. The second kappa shape index (κ2) is 8.42. The van der Waals surface area contributed by atoms with Gasteiger partial charge in [-0.2, -0.15) is 0 Å². The molecule has 1 amide bonds. The van der Waals surface area contributed by atoms with Gasteiger partial charge in [0.1, 0.15) is 5.60 Å². The van der Waals surface area contributed by atoms with Crippen molar-refractivity contribution in [2.45, 2.75) is 89.9 Å². The lowest BCUT2D eigenvalue weighted by molar-refractivity contribution is 0.0489. The molecule has 1 aliphatic rings. The topological polar surface area (TPSA) is 50.4 Å². The van der Waals surface area contributed by atoms with Crippen molar-refractivity contribution < 1.29 is 9.53 Å². The highest BCUT2D eigenvalue weighted by molar-refractivity contribution is 5.68. The van der Waals surface area contributed by atoms with Gasteiger partial charge in [0.25, 0.3) is 0 Å². The quantitative estimate of drug-likeness (QED) is 0.734. The van der Waals surface area contributed by atoms with Gasteiger partial charge in [0.05, 0.1) is 0 Å². The van der Waals surface area contributed by atoms with E-state index < -0.39 is 5.60 Å². The Labute approximate surface area is 129 Å². The van der Waals surface area contributed by atoms with Crippen LogP contribution in [0.1, 0.15) is 66.2 Å². The zero-order valence-corrected chi connectivity index (χ0v) is 14.1. The Balaban J connectivity index is 2.23. The lowest BCUT2D eigenvalue weighted by Gasteiger charge is -2.32. The van der Waals surface area contributed by atoms with E-state index in [4.69, 9.17) is 4.74 Å². The molecule has 0 bridgehead atoms. The molecule has 1 unspecified atom stereocenters. The van der Waals surface area contributed by atoms with Crippen molar-refractivity contribution in [2.75, 3.05) is 0 Å². The number of rotatable bonds is 6. The molecule has 1 aliphatic carbocycles. The van der Waals surface area contributed by atoms with Crippen molar-refractivity contribution in [3.8, 4) is 0 Å². The Kier molecular flexibility index (Phi) is 7.23. The molecule has 122 valence electrons. The van der Waals surface area contributed by atoms with Gasteiger partial charge in [-0.3, -0.25) is 0 Å². The van der Waals surface area contributed by atoms with Crippen LogP contribution >= 0.6 is 0 Å². The van der Waals surface area contributed by atoms with E-state index in [9.17, 15) is 4.79 Å². The van der Waals surface area contributed by atoms with Crippen molar-refractivity contribution in [3.05, 3.63) is 12.7 Å². The van der Waals surface area contributed by atoms with Gasteiger partial charge in [0.2, 0.25) is 0 Å². The summed E-state index contributed by atoms with van der Waals surface area (Å²) in [7, 11) is 0. The smallest absolute Gasteiger partial charge is 0.407 e. The van der Waals surface area contributed by atoms with E-state index in [0.717, 1.165) is 38.5 Å². The van der Waals surface area contributed by atoms with Gasteiger partial charge in [0.15, 0.2) is 0 Å². The molecule has 0 aromatic carbocycles. The Hall–Kier alpha value is -1.03. The Morgan fingerprint density at radius 2 is 1.86 bits per heavy atom. The fourth-order valence-corrected chi connectivity index (χ4v) is 2.73. The largest absolute Gasteiger partial charge is 0.444 e. The van der Waals surface area contributed by atoms with E-state index in [1.807, 2.05) is 26.8 Å². The highest BCUT2D eigenvalue weighted by Crippen LogP contribution is 2.20. The summed E-state index contributed by atoms with van der Waals surface area (Å²) in [6.07, 6.45) is 8.13. The van der Waals surface area contributed by atoms with E-state index in [1.165, 1.54) is 0 Å². The number of amides is 1. The molecule has 4 heteroatoms. The average Bonchev–Trinajstić information content (AvgIpc) is 2.36. The maximum atomic E-state index is 11.7.